The summed E-state index contributed by atoms with van der Waals surface area (Å²) in [4.78, 5) is 10.8. The van der Waals surface area contributed by atoms with Crippen LogP contribution in [0.15, 0.2) is 12.2 Å². The third-order valence-electron chi connectivity index (χ3n) is 1.91. The Morgan fingerprint density at radius 2 is 2.23 bits per heavy atom. The van der Waals surface area contributed by atoms with Crippen molar-refractivity contribution in [2.24, 2.45) is 5.92 Å². The van der Waals surface area contributed by atoms with Crippen LogP contribution < -0.4 is 0 Å². The van der Waals surface area contributed by atoms with Crippen LogP contribution in [0.4, 0.5) is 8.78 Å². The lowest BCUT2D eigenvalue weighted by atomic mass is 9.81. The Kier molecular flexibility index (Phi) is 3.01. The summed E-state index contributed by atoms with van der Waals surface area (Å²) >= 11 is 0. The predicted octanol–water partition coefficient (Wildman–Crippen LogP) is 2.15. The van der Waals surface area contributed by atoms with Gasteiger partial charge in [0.25, 0.3) is 0 Å². The number of rotatable bonds is 3. The van der Waals surface area contributed by atoms with Crippen molar-refractivity contribution in [1.82, 2.24) is 0 Å². The Balaban J connectivity index is 2.23. The van der Waals surface area contributed by atoms with Gasteiger partial charge in [0.05, 0.1) is 6.61 Å². The van der Waals surface area contributed by atoms with Gasteiger partial charge in [-0.3, -0.25) is 0 Å². The molecule has 0 radical (unpaired) electrons. The van der Waals surface area contributed by atoms with Gasteiger partial charge in [0.1, 0.15) is 0 Å². The summed E-state index contributed by atoms with van der Waals surface area (Å²) < 4.78 is 29.2. The molecule has 74 valence electrons. The van der Waals surface area contributed by atoms with E-state index in [1.165, 1.54) is 12.2 Å². The minimum Gasteiger partial charge on any atom is -0.463 e. The average molecular weight is 190 g/mol. The molecule has 0 saturated heterocycles. The molecule has 0 unspecified atom stereocenters. The van der Waals surface area contributed by atoms with Gasteiger partial charge in [-0.2, -0.15) is 0 Å². The Hall–Kier alpha value is -0.930. The molecule has 0 spiro atoms. The molecule has 0 heterocycles. The second-order valence-electron chi connectivity index (χ2n) is 3.14. The molecule has 2 nitrogen and oxygen atoms in total. The SMILES string of the molecule is CCOC(=O)C=CC1CC(F)(F)C1. The molecule has 4 heteroatoms. The van der Waals surface area contributed by atoms with Crippen molar-refractivity contribution in [2.75, 3.05) is 6.61 Å². The van der Waals surface area contributed by atoms with Gasteiger partial charge >= 0.3 is 5.97 Å². The van der Waals surface area contributed by atoms with Crippen LogP contribution in [-0.4, -0.2) is 18.5 Å². The molecule has 1 rings (SSSR count). The molecule has 13 heavy (non-hydrogen) atoms. The number of carbonyl (C=O) groups excluding carboxylic acids is 1. The molecule has 1 aliphatic carbocycles. The fraction of sp³-hybridized carbons (Fsp3) is 0.667. The van der Waals surface area contributed by atoms with E-state index in [4.69, 9.17) is 0 Å². The van der Waals surface area contributed by atoms with Crippen LogP contribution in [0.5, 0.6) is 0 Å². The van der Waals surface area contributed by atoms with E-state index in [9.17, 15) is 13.6 Å². The van der Waals surface area contributed by atoms with Crippen molar-refractivity contribution in [3.63, 3.8) is 0 Å². The standard InChI is InChI=1S/C9H12F2O2/c1-2-13-8(12)4-3-7-5-9(10,11)6-7/h3-4,7H,2,5-6H2,1H3. The smallest absolute Gasteiger partial charge is 0.330 e. The number of hydrogen-bond donors (Lipinski definition) is 0. The van der Waals surface area contributed by atoms with Gasteiger partial charge in [0.15, 0.2) is 0 Å². The first-order valence-corrected chi connectivity index (χ1v) is 4.26. The summed E-state index contributed by atoms with van der Waals surface area (Å²) in [6, 6.07) is 0. The van der Waals surface area contributed by atoms with Crippen molar-refractivity contribution in [1.29, 1.82) is 0 Å². The molecule has 1 saturated carbocycles. The highest BCUT2D eigenvalue weighted by atomic mass is 19.3. The van der Waals surface area contributed by atoms with E-state index in [1.54, 1.807) is 6.92 Å². The van der Waals surface area contributed by atoms with Gasteiger partial charge in [0, 0.05) is 18.9 Å². The predicted molar refractivity (Wildman–Crippen MR) is 43.4 cm³/mol. The third kappa shape index (κ3) is 3.13. The lowest BCUT2D eigenvalue weighted by molar-refractivity contribution is -0.137. The second-order valence-corrected chi connectivity index (χ2v) is 3.14. The van der Waals surface area contributed by atoms with E-state index in [2.05, 4.69) is 4.74 Å². The Labute approximate surface area is 75.6 Å². The number of allylic oxidation sites excluding steroid dienone is 1. The molecule has 0 aromatic rings. The monoisotopic (exact) mass is 190 g/mol. The van der Waals surface area contributed by atoms with Gasteiger partial charge < -0.3 is 4.74 Å². The molecule has 0 N–H and O–H groups in total. The normalized spacial score (nSPS) is 21.5. The van der Waals surface area contributed by atoms with Crippen molar-refractivity contribution in [2.45, 2.75) is 25.7 Å². The molecular weight excluding hydrogens is 178 g/mol. The summed E-state index contributed by atoms with van der Waals surface area (Å²) in [6.07, 6.45) is 2.42. The van der Waals surface area contributed by atoms with Crippen molar-refractivity contribution >= 4 is 5.97 Å². The first-order chi connectivity index (χ1) is 6.03. The molecule has 0 atom stereocenters. The van der Waals surface area contributed by atoms with E-state index in [1.807, 2.05) is 0 Å². The highest BCUT2D eigenvalue weighted by Crippen LogP contribution is 2.42. The topological polar surface area (TPSA) is 26.3 Å². The second kappa shape index (κ2) is 3.85. The first kappa shape index (κ1) is 10.2. The van der Waals surface area contributed by atoms with Crippen LogP contribution in [0.25, 0.3) is 0 Å². The largest absolute Gasteiger partial charge is 0.463 e. The minimum absolute atomic E-state index is 0.150. The van der Waals surface area contributed by atoms with Gasteiger partial charge in [-0.1, -0.05) is 6.08 Å². The zero-order chi connectivity index (χ0) is 9.90. The summed E-state index contributed by atoms with van der Waals surface area (Å²) in [5.41, 5.74) is 0. The van der Waals surface area contributed by atoms with Crippen molar-refractivity contribution in [3.05, 3.63) is 12.2 Å². The third-order valence-corrected chi connectivity index (χ3v) is 1.91. The zero-order valence-corrected chi connectivity index (χ0v) is 7.43. The van der Waals surface area contributed by atoms with Gasteiger partial charge in [-0.05, 0) is 12.8 Å². The van der Waals surface area contributed by atoms with Gasteiger partial charge in [-0.25, -0.2) is 13.6 Å². The number of hydrogen-bond acceptors (Lipinski definition) is 2. The molecule has 0 bridgehead atoms. The molecule has 0 aromatic carbocycles. The molecule has 0 aromatic heterocycles. The van der Waals surface area contributed by atoms with Gasteiger partial charge in [0.2, 0.25) is 5.92 Å². The maximum absolute atomic E-state index is 12.3. The maximum atomic E-state index is 12.3. The quantitative estimate of drug-likeness (QED) is 0.503. The van der Waals surface area contributed by atoms with Crippen molar-refractivity contribution in [3.8, 4) is 0 Å². The van der Waals surface area contributed by atoms with Crippen LogP contribution >= 0.6 is 0 Å². The summed E-state index contributed by atoms with van der Waals surface area (Å²) in [6.45, 7) is 2.01. The van der Waals surface area contributed by atoms with E-state index in [0.29, 0.717) is 6.61 Å². The fourth-order valence-corrected chi connectivity index (χ4v) is 1.25. The van der Waals surface area contributed by atoms with Crippen LogP contribution in [0.2, 0.25) is 0 Å². The van der Waals surface area contributed by atoms with Crippen LogP contribution in [-0.2, 0) is 9.53 Å². The fourth-order valence-electron chi connectivity index (χ4n) is 1.25. The van der Waals surface area contributed by atoms with Crippen LogP contribution in [0, 0.1) is 5.92 Å². The Morgan fingerprint density at radius 1 is 1.62 bits per heavy atom. The minimum atomic E-state index is -2.52. The Bertz CT molecular complexity index is 216. The van der Waals surface area contributed by atoms with Crippen LogP contribution in [0.1, 0.15) is 19.8 Å². The maximum Gasteiger partial charge on any atom is 0.330 e. The summed E-state index contributed by atoms with van der Waals surface area (Å²) in [5, 5.41) is 0. The first-order valence-electron chi connectivity index (χ1n) is 4.26. The lowest BCUT2D eigenvalue weighted by Crippen LogP contribution is -2.34. The Morgan fingerprint density at radius 3 is 2.69 bits per heavy atom. The molecule has 0 amide bonds. The van der Waals surface area contributed by atoms with E-state index < -0.39 is 11.9 Å². The van der Waals surface area contributed by atoms with E-state index >= 15 is 0 Å². The van der Waals surface area contributed by atoms with E-state index in [-0.39, 0.29) is 18.8 Å². The molecule has 0 aliphatic heterocycles. The summed E-state index contributed by atoms with van der Waals surface area (Å²) in [5.74, 6) is -3.15. The van der Waals surface area contributed by atoms with Crippen LogP contribution in [0.3, 0.4) is 0 Å². The number of alkyl halides is 2. The van der Waals surface area contributed by atoms with Gasteiger partial charge in [-0.15, -0.1) is 0 Å². The highest BCUT2D eigenvalue weighted by molar-refractivity contribution is 5.81. The molecule has 1 aliphatic rings. The van der Waals surface area contributed by atoms with E-state index in [0.717, 1.165) is 0 Å². The number of halogens is 2. The number of carbonyl (C=O) groups is 1. The average Bonchev–Trinajstić information content (AvgIpc) is 1.97. The highest BCUT2D eigenvalue weighted by Gasteiger charge is 2.43. The molecule has 1 fully saturated rings. The molecular formula is C9H12F2O2. The lowest BCUT2D eigenvalue weighted by Gasteiger charge is -2.32. The summed E-state index contributed by atoms with van der Waals surface area (Å²) in [7, 11) is 0. The zero-order valence-electron chi connectivity index (χ0n) is 7.43. The number of ether oxygens (including phenoxy) is 1. The number of esters is 1. The van der Waals surface area contributed by atoms with Crippen molar-refractivity contribution < 1.29 is 18.3 Å².